The summed E-state index contributed by atoms with van der Waals surface area (Å²) in [7, 11) is -2.76. The molecule has 0 bridgehead atoms. The molecule has 54 valence electrons. The standard InChI is InChI=1S/C3H7O3PS2/c4-7(5)6-3(9)1-2-8/h3,8-9H,1-2H2. The van der Waals surface area contributed by atoms with Gasteiger partial charge in [0.05, 0.1) is 0 Å². The van der Waals surface area contributed by atoms with Crippen LogP contribution >= 0.6 is 33.5 Å². The van der Waals surface area contributed by atoms with E-state index in [4.69, 9.17) is 0 Å². The maximum absolute atomic E-state index is 9.83. The molecule has 0 aliphatic carbocycles. The number of thiol groups is 2. The first-order valence-corrected chi connectivity index (χ1v) is 4.51. The Morgan fingerprint density at radius 1 is 1.78 bits per heavy atom. The third-order valence-corrected chi connectivity index (χ3v) is 1.80. The SMILES string of the molecule is O=[P+]([O-])OC(S)CCS. The summed E-state index contributed by atoms with van der Waals surface area (Å²) in [4.78, 5) is 9.83. The van der Waals surface area contributed by atoms with E-state index in [0.29, 0.717) is 12.2 Å². The van der Waals surface area contributed by atoms with E-state index in [9.17, 15) is 9.46 Å². The Balaban J connectivity index is 3.26. The average molecular weight is 186 g/mol. The van der Waals surface area contributed by atoms with Crippen molar-refractivity contribution in [3.05, 3.63) is 0 Å². The number of hydrogen-bond donors (Lipinski definition) is 2. The van der Waals surface area contributed by atoms with Crippen molar-refractivity contribution >= 4 is 33.5 Å². The first-order chi connectivity index (χ1) is 4.16. The van der Waals surface area contributed by atoms with Gasteiger partial charge in [-0.15, -0.1) is 17.2 Å². The van der Waals surface area contributed by atoms with Crippen LogP contribution in [0.3, 0.4) is 0 Å². The molecule has 6 heteroatoms. The molecule has 0 saturated carbocycles. The highest BCUT2D eigenvalue weighted by Gasteiger charge is 2.10. The van der Waals surface area contributed by atoms with Crippen LogP contribution in [-0.4, -0.2) is 11.2 Å². The topological polar surface area (TPSA) is 49.4 Å². The maximum Gasteiger partial charge on any atom is 0.489 e. The van der Waals surface area contributed by atoms with Crippen molar-refractivity contribution in [3.63, 3.8) is 0 Å². The monoisotopic (exact) mass is 186 g/mol. The van der Waals surface area contributed by atoms with Crippen LogP contribution < -0.4 is 4.89 Å². The molecule has 0 aliphatic heterocycles. The normalized spacial score (nSPS) is 15.2. The Morgan fingerprint density at radius 2 is 2.33 bits per heavy atom. The molecule has 0 radical (unpaired) electrons. The molecule has 3 nitrogen and oxygen atoms in total. The second-order valence-electron chi connectivity index (χ2n) is 1.30. The van der Waals surface area contributed by atoms with Gasteiger partial charge in [-0.05, 0) is 16.7 Å². The number of rotatable bonds is 4. The van der Waals surface area contributed by atoms with E-state index in [2.05, 4.69) is 29.8 Å². The summed E-state index contributed by atoms with van der Waals surface area (Å²) in [5.74, 6) is 0.567. The van der Waals surface area contributed by atoms with Gasteiger partial charge < -0.3 is 4.89 Å². The fourth-order valence-electron chi connectivity index (χ4n) is 0.262. The lowest BCUT2D eigenvalue weighted by Crippen LogP contribution is -2.03. The summed E-state index contributed by atoms with van der Waals surface area (Å²) in [5, 5.41) is 0. The van der Waals surface area contributed by atoms with Crippen molar-refractivity contribution in [1.82, 2.24) is 0 Å². The minimum absolute atomic E-state index is 0.523. The molecule has 0 spiro atoms. The first-order valence-electron chi connectivity index (χ1n) is 2.27. The van der Waals surface area contributed by atoms with Crippen LogP contribution in [0.25, 0.3) is 0 Å². The number of hydrogen-bond acceptors (Lipinski definition) is 5. The van der Waals surface area contributed by atoms with Gasteiger partial charge in [0.15, 0.2) is 5.44 Å². The van der Waals surface area contributed by atoms with Crippen LogP contribution in [-0.2, 0) is 9.09 Å². The molecule has 0 aromatic rings. The van der Waals surface area contributed by atoms with Crippen LogP contribution in [0, 0.1) is 0 Å². The van der Waals surface area contributed by atoms with E-state index in [0.717, 1.165) is 0 Å². The molecule has 0 N–H and O–H groups in total. The minimum atomic E-state index is -2.76. The minimum Gasteiger partial charge on any atom is -0.566 e. The van der Waals surface area contributed by atoms with Crippen molar-refractivity contribution < 1.29 is 14.0 Å². The Morgan fingerprint density at radius 3 is 2.67 bits per heavy atom. The summed E-state index contributed by atoms with van der Waals surface area (Å²) in [6.45, 7) is 0. The van der Waals surface area contributed by atoms with E-state index in [1.807, 2.05) is 0 Å². The van der Waals surface area contributed by atoms with E-state index < -0.39 is 13.7 Å². The third kappa shape index (κ3) is 6.61. The van der Waals surface area contributed by atoms with Gasteiger partial charge in [0.25, 0.3) is 0 Å². The lowest BCUT2D eigenvalue weighted by molar-refractivity contribution is -0.186. The zero-order valence-corrected chi connectivity index (χ0v) is 7.24. The molecule has 0 fully saturated rings. The molecule has 2 unspecified atom stereocenters. The van der Waals surface area contributed by atoms with Crippen molar-refractivity contribution in [2.75, 3.05) is 5.75 Å². The molecule has 0 rings (SSSR count). The van der Waals surface area contributed by atoms with Crippen LogP contribution in [0.2, 0.25) is 0 Å². The molecule has 0 saturated heterocycles. The molecule has 0 aromatic heterocycles. The van der Waals surface area contributed by atoms with Crippen molar-refractivity contribution in [2.24, 2.45) is 0 Å². The van der Waals surface area contributed by atoms with Gasteiger partial charge in [0.1, 0.15) is 0 Å². The van der Waals surface area contributed by atoms with Gasteiger partial charge in [-0.2, -0.15) is 12.6 Å². The molecular formula is C3H7O3PS2. The third-order valence-electron chi connectivity index (χ3n) is 0.584. The summed E-state index contributed by atoms with van der Waals surface area (Å²) in [6.07, 6.45) is 0.523. The Labute approximate surface area is 65.6 Å². The van der Waals surface area contributed by atoms with Crippen LogP contribution in [0.1, 0.15) is 6.42 Å². The van der Waals surface area contributed by atoms with Gasteiger partial charge in [-0.1, -0.05) is 0 Å². The Hall–Kier alpha value is 0.720. The fraction of sp³-hybridized carbons (Fsp3) is 1.00. The summed E-state index contributed by atoms with van der Waals surface area (Å²) >= 11 is 7.65. The summed E-state index contributed by atoms with van der Waals surface area (Å²) < 4.78 is 14.1. The predicted molar refractivity (Wildman–Crippen MR) is 39.9 cm³/mol. The van der Waals surface area contributed by atoms with Gasteiger partial charge in [0, 0.05) is 0 Å². The van der Waals surface area contributed by atoms with Crippen LogP contribution in [0.15, 0.2) is 0 Å². The highest BCUT2D eigenvalue weighted by Crippen LogP contribution is 2.17. The van der Waals surface area contributed by atoms with Gasteiger partial charge in [-0.3, -0.25) is 0 Å². The summed E-state index contributed by atoms with van der Waals surface area (Å²) in [5.41, 5.74) is -0.538. The van der Waals surface area contributed by atoms with Crippen LogP contribution in [0.5, 0.6) is 0 Å². The zero-order chi connectivity index (χ0) is 7.28. The predicted octanol–water partition coefficient (Wildman–Crippen LogP) is 0.596. The van der Waals surface area contributed by atoms with Gasteiger partial charge >= 0.3 is 8.25 Å². The highest BCUT2D eigenvalue weighted by atomic mass is 32.1. The second-order valence-corrected chi connectivity index (χ2v) is 2.98. The lowest BCUT2D eigenvalue weighted by Gasteiger charge is -1.99. The fourth-order valence-corrected chi connectivity index (χ4v) is 1.36. The van der Waals surface area contributed by atoms with E-state index in [1.165, 1.54) is 0 Å². The lowest BCUT2D eigenvalue weighted by atomic mass is 10.5. The Bertz CT molecular complexity index is 99.1. The molecule has 0 aliphatic rings. The van der Waals surface area contributed by atoms with E-state index in [1.54, 1.807) is 0 Å². The smallest absolute Gasteiger partial charge is 0.489 e. The molecule has 0 amide bonds. The van der Waals surface area contributed by atoms with E-state index >= 15 is 0 Å². The zero-order valence-electron chi connectivity index (χ0n) is 4.56. The van der Waals surface area contributed by atoms with Gasteiger partial charge in [-0.25, -0.2) is 0 Å². The average Bonchev–Trinajstić information content (AvgIpc) is 1.63. The van der Waals surface area contributed by atoms with Crippen molar-refractivity contribution in [3.8, 4) is 0 Å². The van der Waals surface area contributed by atoms with Gasteiger partial charge in [0.2, 0.25) is 0 Å². The summed E-state index contributed by atoms with van der Waals surface area (Å²) in [6, 6.07) is 0. The first kappa shape index (κ1) is 9.72. The largest absolute Gasteiger partial charge is 0.566 e. The molecule has 2 atom stereocenters. The Kier molecular flexibility index (Phi) is 5.94. The maximum atomic E-state index is 9.83. The second kappa shape index (κ2) is 5.50. The quantitative estimate of drug-likeness (QED) is 0.384. The van der Waals surface area contributed by atoms with E-state index in [-0.39, 0.29) is 0 Å². The molecular weight excluding hydrogens is 179 g/mol. The molecule has 9 heavy (non-hydrogen) atoms. The molecule has 0 heterocycles. The highest BCUT2D eigenvalue weighted by molar-refractivity contribution is 7.81. The van der Waals surface area contributed by atoms with Crippen molar-refractivity contribution in [2.45, 2.75) is 11.9 Å². The molecule has 0 aromatic carbocycles. The van der Waals surface area contributed by atoms with Crippen molar-refractivity contribution in [1.29, 1.82) is 0 Å². The van der Waals surface area contributed by atoms with Crippen LogP contribution in [0.4, 0.5) is 0 Å².